The van der Waals surface area contributed by atoms with Crippen molar-refractivity contribution in [2.45, 2.75) is 26.2 Å². The van der Waals surface area contributed by atoms with Gasteiger partial charge in [-0.2, -0.15) is 0 Å². The van der Waals surface area contributed by atoms with Gasteiger partial charge in [-0.15, -0.1) is 0 Å². The van der Waals surface area contributed by atoms with Gasteiger partial charge in [-0.25, -0.2) is 0 Å². The molecule has 1 heterocycles. The molecule has 0 aliphatic carbocycles. The molecule has 0 unspecified atom stereocenters. The second-order valence-electron chi connectivity index (χ2n) is 4.23. The van der Waals surface area contributed by atoms with E-state index < -0.39 is 0 Å². The molecule has 0 saturated carbocycles. The highest BCUT2D eigenvalue weighted by Crippen LogP contribution is 2.29. The van der Waals surface area contributed by atoms with E-state index in [1.54, 1.807) is 0 Å². The first-order valence-electron chi connectivity index (χ1n) is 5.90. The van der Waals surface area contributed by atoms with Gasteiger partial charge in [0.25, 0.3) is 5.91 Å². The molecule has 1 aromatic rings. The van der Waals surface area contributed by atoms with Crippen LogP contribution in [0.15, 0.2) is 18.2 Å². The van der Waals surface area contributed by atoms with Crippen LogP contribution < -0.4 is 10.6 Å². The zero-order valence-corrected chi connectivity index (χ0v) is 9.70. The van der Waals surface area contributed by atoms with Crippen molar-refractivity contribution in [3.63, 3.8) is 0 Å². The van der Waals surface area contributed by atoms with Crippen LogP contribution in [0.25, 0.3) is 0 Å². The Morgan fingerprint density at radius 2 is 2.06 bits per heavy atom. The Balaban J connectivity index is 2.48. The van der Waals surface area contributed by atoms with E-state index in [2.05, 4.69) is 17.9 Å². The molecule has 1 aliphatic rings. The van der Waals surface area contributed by atoms with Gasteiger partial charge in [-0.05, 0) is 30.9 Å². The summed E-state index contributed by atoms with van der Waals surface area (Å²) in [5.74, 6) is -0.322. The van der Waals surface area contributed by atoms with Gasteiger partial charge in [0, 0.05) is 13.1 Å². The summed E-state index contributed by atoms with van der Waals surface area (Å²) in [4.78, 5) is 13.7. The SMILES string of the molecule is CCc1cccc(C(N)=O)c1N1CCCC1. The van der Waals surface area contributed by atoms with Gasteiger partial charge in [0.1, 0.15) is 0 Å². The van der Waals surface area contributed by atoms with E-state index in [0.717, 1.165) is 25.2 Å². The molecule has 0 spiro atoms. The van der Waals surface area contributed by atoms with Crippen LogP contribution in [0.5, 0.6) is 0 Å². The third-order valence-corrected chi connectivity index (χ3v) is 3.19. The zero-order chi connectivity index (χ0) is 11.5. The lowest BCUT2D eigenvalue weighted by Crippen LogP contribution is -2.24. The third-order valence-electron chi connectivity index (χ3n) is 3.19. The van der Waals surface area contributed by atoms with Crippen molar-refractivity contribution in [1.29, 1.82) is 0 Å². The van der Waals surface area contributed by atoms with Crippen LogP contribution in [0.2, 0.25) is 0 Å². The van der Waals surface area contributed by atoms with E-state index in [0.29, 0.717) is 5.56 Å². The summed E-state index contributed by atoms with van der Waals surface area (Å²) >= 11 is 0. The minimum Gasteiger partial charge on any atom is -0.371 e. The molecule has 1 aromatic carbocycles. The fourth-order valence-electron chi connectivity index (χ4n) is 2.39. The smallest absolute Gasteiger partial charge is 0.250 e. The van der Waals surface area contributed by atoms with Gasteiger partial charge in [0.05, 0.1) is 11.3 Å². The summed E-state index contributed by atoms with van der Waals surface area (Å²) in [5.41, 5.74) is 8.39. The second-order valence-corrected chi connectivity index (χ2v) is 4.23. The lowest BCUT2D eigenvalue weighted by atomic mass is 10.0. The van der Waals surface area contributed by atoms with E-state index in [4.69, 9.17) is 5.73 Å². The van der Waals surface area contributed by atoms with E-state index in [1.807, 2.05) is 12.1 Å². The Hall–Kier alpha value is -1.51. The molecule has 1 saturated heterocycles. The third kappa shape index (κ3) is 1.90. The molecule has 1 amide bonds. The van der Waals surface area contributed by atoms with E-state index in [-0.39, 0.29) is 5.91 Å². The topological polar surface area (TPSA) is 46.3 Å². The largest absolute Gasteiger partial charge is 0.371 e. The minimum absolute atomic E-state index is 0.322. The molecule has 0 aromatic heterocycles. The quantitative estimate of drug-likeness (QED) is 0.842. The molecule has 86 valence electrons. The van der Waals surface area contributed by atoms with Crippen molar-refractivity contribution in [1.82, 2.24) is 0 Å². The van der Waals surface area contributed by atoms with Crippen molar-refractivity contribution in [3.8, 4) is 0 Å². The number of hydrogen-bond acceptors (Lipinski definition) is 2. The molecule has 3 heteroatoms. The highest BCUT2D eigenvalue weighted by atomic mass is 16.1. The van der Waals surface area contributed by atoms with Gasteiger partial charge >= 0.3 is 0 Å². The highest BCUT2D eigenvalue weighted by molar-refractivity contribution is 5.99. The minimum atomic E-state index is -0.322. The van der Waals surface area contributed by atoms with Crippen molar-refractivity contribution in [2.75, 3.05) is 18.0 Å². The number of para-hydroxylation sites is 1. The summed E-state index contributed by atoms with van der Waals surface area (Å²) in [7, 11) is 0. The second kappa shape index (κ2) is 4.56. The summed E-state index contributed by atoms with van der Waals surface area (Å²) in [6.45, 7) is 4.19. The molecular formula is C13H18N2O. The average Bonchev–Trinajstić information content (AvgIpc) is 2.81. The van der Waals surface area contributed by atoms with Crippen molar-refractivity contribution >= 4 is 11.6 Å². The van der Waals surface area contributed by atoms with Crippen LogP contribution in [0, 0.1) is 0 Å². The fraction of sp³-hybridized carbons (Fsp3) is 0.462. The van der Waals surface area contributed by atoms with Crippen LogP contribution in [0.3, 0.4) is 0 Å². The first kappa shape index (κ1) is 11.0. The molecule has 0 bridgehead atoms. The number of rotatable bonds is 3. The molecule has 16 heavy (non-hydrogen) atoms. The molecule has 0 radical (unpaired) electrons. The standard InChI is InChI=1S/C13H18N2O/c1-2-10-6-5-7-11(13(14)16)12(10)15-8-3-4-9-15/h5-7H,2-4,8-9H2,1H3,(H2,14,16). The van der Waals surface area contributed by atoms with Crippen molar-refractivity contribution in [2.24, 2.45) is 5.73 Å². The van der Waals surface area contributed by atoms with Gasteiger partial charge in [0.2, 0.25) is 0 Å². The number of nitrogens with zero attached hydrogens (tertiary/aromatic N) is 1. The predicted octanol–water partition coefficient (Wildman–Crippen LogP) is 1.95. The number of aryl methyl sites for hydroxylation is 1. The van der Waals surface area contributed by atoms with Gasteiger partial charge in [0.15, 0.2) is 0 Å². The number of benzene rings is 1. The molecule has 2 N–H and O–H groups in total. The fourth-order valence-corrected chi connectivity index (χ4v) is 2.39. The molecule has 3 nitrogen and oxygen atoms in total. The van der Waals surface area contributed by atoms with Crippen molar-refractivity contribution in [3.05, 3.63) is 29.3 Å². The van der Waals surface area contributed by atoms with Crippen LogP contribution >= 0.6 is 0 Å². The number of hydrogen-bond donors (Lipinski definition) is 1. The zero-order valence-electron chi connectivity index (χ0n) is 9.70. The van der Waals surface area contributed by atoms with Crippen LogP contribution in [-0.2, 0) is 6.42 Å². The van der Waals surface area contributed by atoms with Crippen LogP contribution in [-0.4, -0.2) is 19.0 Å². The van der Waals surface area contributed by atoms with Gasteiger partial charge < -0.3 is 10.6 Å². The van der Waals surface area contributed by atoms with E-state index >= 15 is 0 Å². The Morgan fingerprint density at radius 3 is 2.62 bits per heavy atom. The summed E-state index contributed by atoms with van der Waals surface area (Å²) in [5, 5.41) is 0. The molecular weight excluding hydrogens is 200 g/mol. The maximum Gasteiger partial charge on any atom is 0.250 e. The van der Waals surface area contributed by atoms with Gasteiger partial charge in [-0.1, -0.05) is 19.1 Å². The van der Waals surface area contributed by atoms with E-state index in [1.165, 1.54) is 18.4 Å². The lowest BCUT2D eigenvalue weighted by Gasteiger charge is -2.23. The van der Waals surface area contributed by atoms with E-state index in [9.17, 15) is 4.79 Å². The normalized spacial score (nSPS) is 15.4. The Labute approximate surface area is 96.2 Å². The Morgan fingerprint density at radius 1 is 1.38 bits per heavy atom. The summed E-state index contributed by atoms with van der Waals surface area (Å²) < 4.78 is 0. The number of nitrogens with two attached hydrogens (primary N) is 1. The number of carbonyl (C=O) groups is 1. The molecule has 0 atom stereocenters. The number of amides is 1. The molecule has 1 fully saturated rings. The van der Waals surface area contributed by atoms with Gasteiger partial charge in [-0.3, -0.25) is 4.79 Å². The first-order valence-corrected chi connectivity index (χ1v) is 5.90. The number of carbonyl (C=O) groups excluding carboxylic acids is 1. The maximum absolute atomic E-state index is 11.4. The molecule has 2 rings (SSSR count). The van der Waals surface area contributed by atoms with Crippen molar-refractivity contribution < 1.29 is 4.79 Å². The lowest BCUT2D eigenvalue weighted by molar-refractivity contribution is 0.100. The summed E-state index contributed by atoms with van der Waals surface area (Å²) in [6, 6.07) is 5.83. The average molecular weight is 218 g/mol. The first-order chi connectivity index (χ1) is 7.74. The Kier molecular flexibility index (Phi) is 3.13. The number of anilines is 1. The summed E-state index contributed by atoms with van der Waals surface area (Å²) in [6.07, 6.45) is 3.35. The number of primary amides is 1. The van der Waals surface area contributed by atoms with Crippen LogP contribution in [0.4, 0.5) is 5.69 Å². The Bertz CT molecular complexity index is 395. The van der Waals surface area contributed by atoms with Crippen LogP contribution in [0.1, 0.15) is 35.7 Å². The maximum atomic E-state index is 11.4. The highest BCUT2D eigenvalue weighted by Gasteiger charge is 2.20. The monoisotopic (exact) mass is 218 g/mol. The molecule has 1 aliphatic heterocycles. The predicted molar refractivity (Wildman–Crippen MR) is 65.8 cm³/mol.